The lowest BCUT2D eigenvalue weighted by molar-refractivity contribution is -0.141. The number of halogens is 3. The molecule has 0 radical (unpaired) electrons. The van der Waals surface area contributed by atoms with Crippen LogP contribution in [0.15, 0.2) is 48.8 Å². The second kappa shape index (κ2) is 7.74. The molecule has 3 aromatic heterocycles. The summed E-state index contributed by atoms with van der Waals surface area (Å²) in [6, 6.07) is 8.67. The van der Waals surface area contributed by atoms with Gasteiger partial charge in [0.25, 0.3) is 0 Å². The van der Waals surface area contributed by atoms with E-state index in [4.69, 9.17) is 0 Å². The first-order valence-corrected chi connectivity index (χ1v) is 10.1. The summed E-state index contributed by atoms with van der Waals surface area (Å²) in [4.78, 5) is 25.0. The fourth-order valence-corrected chi connectivity index (χ4v) is 4.13. The molecular formula is C21H18F3N7O. The fraction of sp³-hybridized carbons (Fsp3) is 0.286. The summed E-state index contributed by atoms with van der Waals surface area (Å²) in [7, 11) is 0. The number of amides is 2. The molecule has 1 saturated heterocycles. The zero-order chi connectivity index (χ0) is 22.3. The van der Waals surface area contributed by atoms with Crippen molar-refractivity contribution >= 4 is 23.4 Å². The van der Waals surface area contributed by atoms with E-state index in [0.29, 0.717) is 23.9 Å². The third kappa shape index (κ3) is 3.70. The quantitative estimate of drug-likeness (QED) is 0.648. The Labute approximate surface area is 181 Å². The molecule has 1 N–H and O–H groups in total. The Hall–Kier alpha value is -3.76. The predicted octanol–water partition coefficient (Wildman–Crippen LogP) is 3.97. The predicted molar refractivity (Wildman–Crippen MR) is 111 cm³/mol. The molecule has 11 heteroatoms. The lowest BCUT2D eigenvalue weighted by atomic mass is 9.99. The fourth-order valence-electron chi connectivity index (χ4n) is 4.13. The van der Waals surface area contributed by atoms with Crippen molar-refractivity contribution in [2.45, 2.75) is 25.1 Å². The van der Waals surface area contributed by atoms with Gasteiger partial charge in [0.05, 0.1) is 17.4 Å². The van der Waals surface area contributed by atoms with Crippen LogP contribution in [0, 0.1) is 0 Å². The first-order valence-electron chi connectivity index (χ1n) is 10.1. The number of rotatable bonds is 2. The Morgan fingerprint density at radius 3 is 2.81 bits per heavy atom. The Morgan fingerprint density at radius 1 is 1.16 bits per heavy atom. The van der Waals surface area contributed by atoms with Gasteiger partial charge in [0.2, 0.25) is 0 Å². The number of aromatic nitrogens is 4. The number of pyridine rings is 2. The summed E-state index contributed by atoms with van der Waals surface area (Å²) >= 11 is 0. The van der Waals surface area contributed by atoms with Crippen LogP contribution >= 0.6 is 0 Å². The van der Waals surface area contributed by atoms with Crippen molar-refractivity contribution in [3.63, 3.8) is 0 Å². The highest BCUT2D eigenvalue weighted by molar-refractivity contribution is 6.04. The van der Waals surface area contributed by atoms with Gasteiger partial charge in [0.15, 0.2) is 11.6 Å². The molecule has 2 bridgehead atoms. The molecule has 164 valence electrons. The second-order valence-electron chi connectivity index (χ2n) is 7.62. The molecule has 0 saturated carbocycles. The number of fused-ring (bicyclic) bond motifs is 4. The van der Waals surface area contributed by atoms with Gasteiger partial charge < -0.3 is 4.90 Å². The Balaban J connectivity index is 1.55. The van der Waals surface area contributed by atoms with Gasteiger partial charge in [-0.3, -0.25) is 15.2 Å². The van der Waals surface area contributed by atoms with Gasteiger partial charge in [-0.15, -0.1) is 5.10 Å². The van der Waals surface area contributed by atoms with E-state index in [9.17, 15) is 18.0 Å². The second-order valence-corrected chi connectivity index (χ2v) is 7.62. The number of nitrogens with zero attached hydrogens (tertiary/aromatic N) is 6. The molecule has 2 aliphatic rings. The number of urea groups is 1. The Bertz CT molecular complexity index is 1160. The molecule has 32 heavy (non-hydrogen) atoms. The van der Waals surface area contributed by atoms with Gasteiger partial charge in [0.1, 0.15) is 5.69 Å². The first kappa shape index (κ1) is 20.2. The molecule has 8 nitrogen and oxygen atoms in total. The summed E-state index contributed by atoms with van der Waals surface area (Å²) in [6.07, 6.45) is -0.239. The van der Waals surface area contributed by atoms with Crippen molar-refractivity contribution in [1.29, 1.82) is 0 Å². The Kier molecular flexibility index (Phi) is 4.87. The van der Waals surface area contributed by atoms with Crippen LogP contribution in [0.2, 0.25) is 0 Å². The zero-order valence-electron chi connectivity index (χ0n) is 16.8. The van der Waals surface area contributed by atoms with Crippen LogP contribution in [0.3, 0.4) is 0 Å². The summed E-state index contributed by atoms with van der Waals surface area (Å²) in [5.74, 6) is 0.711. The number of hydrogen-bond acceptors (Lipinski definition) is 6. The lowest BCUT2D eigenvalue weighted by Crippen LogP contribution is -2.56. The molecule has 0 aliphatic carbocycles. The van der Waals surface area contributed by atoms with Crippen LogP contribution in [0.1, 0.15) is 18.5 Å². The molecule has 0 spiro atoms. The third-order valence-corrected chi connectivity index (χ3v) is 5.56. The molecular weight excluding hydrogens is 423 g/mol. The SMILES string of the molecule is O=C(Nc1cccnn1)N1c2nc(-c3ccnc(C(F)(F)F)c3)ccc2N2CCC[C@H]1C2. The van der Waals surface area contributed by atoms with Crippen molar-refractivity contribution in [2.75, 3.05) is 28.2 Å². The van der Waals surface area contributed by atoms with E-state index in [1.54, 1.807) is 29.2 Å². The largest absolute Gasteiger partial charge is 0.433 e. The van der Waals surface area contributed by atoms with Crippen molar-refractivity contribution in [3.05, 3.63) is 54.5 Å². The average molecular weight is 441 g/mol. The van der Waals surface area contributed by atoms with Gasteiger partial charge in [-0.2, -0.15) is 18.3 Å². The van der Waals surface area contributed by atoms with Gasteiger partial charge in [-0.25, -0.2) is 9.78 Å². The molecule has 5 heterocycles. The van der Waals surface area contributed by atoms with Crippen LogP contribution in [-0.2, 0) is 6.18 Å². The van der Waals surface area contributed by atoms with Crippen molar-refractivity contribution in [1.82, 2.24) is 20.2 Å². The molecule has 1 atom stereocenters. The van der Waals surface area contributed by atoms with Crippen LogP contribution in [0.5, 0.6) is 0 Å². The normalized spacial score (nSPS) is 17.7. The molecule has 2 amide bonds. The highest BCUT2D eigenvalue weighted by atomic mass is 19.4. The minimum Gasteiger partial charge on any atom is -0.366 e. The lowest BCUT2D eigenvalue weighted by Gasteiger charge is -2.45. The monoisotopic (exact) mass is 441 g/mol. The van der Waals surface area contributed by atoms with Gasteiger partial charge in [0, 0.05) is 31.0 Å². The number of alkyl halides is 3. The van der Waals surface area contributed by atoms with Crippen LogP contribution in [0.25, 0.3) is 11.3 Å². The molecule has 2 aliphatic heterocycles. The topological polar surface area (TPSA) is 87.1 Å². The number of hydrogen-bond donors (Lipinski definition) is 1. The molecule has 1 fully saturated rings. The number of carbonyl (C=O) groups excluding carboxylic acids is 1. The van der Waals surface area contributed by atoms with E-state index in [2.05, 4.69) is 30.4 Å². The summed E-state index contributed by atoms with van der Waals surface area (Å²) < 4.78 is 39.4. The van der Waals surface area contributed by atoms with E-state index >= 15 is 0 Å². The third-order valence-electron chi connectivity index (χ3n) is 5.56. The summed E-state index contributed by atoms with van der Waals surface area (Å²) in [5.41, 5.74) is 0.377. The first-order chi connectivity index (χ1) is 15.4. The van der Waals surface area contributed by atoms with E-state index in [0.717, 1.165) is 37.3 Å². The maximum absolute atomic E-state index is 13.2. The maximum Gasteiger partial charge on any atom is 0.433 e. The number of anilines is 3. The van der Waals surface area contributed by atoms with E-state index < -0.39 is 17.9 Å². The average Bonchev–Trinajstić information content (AvgIpc) is 2.79. The van der Waals surface area contributed by atoms with E-state index in [1.807, 2.05) is 0 Å². The highest BCUT2D eigenvalue weighted by Crippen LogP contribution is 2.40. The minimum absolute atomic E-state index is 0.112. The molecule has 5 rings (SSSR count). The van der Waals surface area contributed by atoms with Crippen LogP contribution < -0.4 is 15.1 Å². The number of nitrogens with one attached hydrogen (secondary N) is 1. The standard InChI is InChI=1S/C21H18F3N7O/c22-21(23,24)17-11-13(7-9-25-17)15-5-6-16-19(27-15)31(14-3-2-10-30(16)12-14)20(32)28-18-4-1-8-26-29-18/h1,4-9,11,14H,2-3,10,12H2,(H,28,29,32)/t14-/m0/s1. The smallest absolute Gasteiger partial charge is 0.366 e. The Morgan fingerprint density at radius 2 is 2.03 bits per heavy atom. The molecule has 0 aromatic carbocycles. The highest BCUT2D eigenvalue weighted by Gasteiger charge is 2.38. The van der Waals surface area contributed by atoms with Crippen molar-refractivity contribution in [2.24, 2.45) is 0 Å². The maximum atomic E-state index is 13.2. The van der Waals surface area contributed by atoms with E-state index in [1.165, 1.54) is 12.3 Å². The van der Waals surface area contributed by atoms with Gasteiger partial charge in [-0.1, -0.05) is 0 Å². The summed E-state index contributed by atoms with van der Waals surface area (Å²) in [5, 5.41) is 10.4. The summed E-state index contributed by atoms with van der Waals surface area (Å²) in [6.45, 7) is 1.49. The van der Waals surface area contributed by atoms with Crippen LogP contribution in [0.4, 0.5) is 35.3 Å². The zero-order valence-corrected chi connectivity index (χ0v) is 16.8. The minimum atomic E-state index is -4.56. The molecule has 3 aromatic rings. The van der Waals surface area contributed by atoms with Crippen LogP contribution in [-0.4, -0.2) is 45.3 Å². The number of carbonyl (C=O) groups is 1. The van der Waals surface area contributed by atoms with Crippen molar-refractivity contribution < 1.29 is 18.0 Å². The van der Waals surface area contributed by atoms with Gasteiger partial charge >= 0.3 is 12.2 Å². The van der Waals surface area contributed by atoms with Crippen molar-refractivity contribution in [3.8, 4) is 11.3 Å². The molecule has 0 unspecified atom stereocenters. The van der Waals surface area contributed by atoms with Gasteiger partial charge in [-0.05, 0) is 49.2 Å². The van der Waals surface area contributed by atoms with E-state index in [-0.39, 0.29) is 11.6 Å². The number of piperidine rings is 1.